The van der Waals surface area contributed by atoms with Crippen LogP contribution in [0.4, 0.5) is 0 Å². The number of aryl methyl sites for hydroxylation is 1. The Morgan fingerprint density at radius 1 is 1.46 bits per heavy atom. The van der Waals surface area contributed by atoms with Crippen LogP contribution in [0.1, 0.15) is 13.1 Å². The summed E-state index contributed by atoms with van der Waals surface area (Å²) in [5.74, 6) is 0. The monoisotopic (exact) mass is 422 g/mol. The van der Waals surface area contributed by atoms with Gasteiger partial charge in [0.05, 0.1) is 6.83 Å². The summed E-state index contributed by atoms with van der Waals surface area (Å²) in [6.45, 7) is 1.85. The van der Waals surface area contributed by atoms with Crippen LogP contribution in [-0.4, -0.2) is 8.76 Å². The third-order valence-electron chi connectivity index (χ3n) is 1.64. The molecule has 5 heteroatoms. The summed E-state index contributed by atoms with van der Waals surface area (Å²) in [6, 6.07) is 5.55. The standard InChI is InChI=1S/C8H8I2O2S/c1-5-4-6(8(9)10)2-3-7(5)13(11)12/h2-4,8H,1H3,(H,11,12). The van der Waals surface area contributed by atoms with E-state index in [9.17, 15) is 4.21 Å². The lowest BCUT2D eigenvalue weighted by atomic mass is 10.2. The predicted octanol–water partition coefficient (Wildman–Crippen LogP) is 3.44. The zero-order chi connectivity index (χ0) is 10.0. The first-order chi connectivity index (χ1) is 6.02. The highest BCUT2D eigenvalue weighted by Crippen LogP contribution is 2.31. The second-order valence-corrected chi connectivity index (χ2v) is 8.39. The van der Waals surface area contributed by atoms with Gasteiger partial charge in [-0.1, -0.05) is 57.3 Å². The van der Waals surface area contributed by atoms with Gasteiger partial charge in [-0.2, -0.15) is 0 Å². The lowest BCUT2D eigenvalue weighted by Gasteiger charge is -2.06. The lowest BCUT2D eigenvalue weighted by molar-refractivity contribution is 0.564. The molecule has 0 spiro atoms. The van der Waals surface area contributed by atoms with E-state index in [1.54, 1.807) is 6.07 Å². The van der Waals surface area contributed by atoms with Crippen LogP contribution in [-0.2, 0) is 11.1 Å². The Bertz CT molecular complexity index is 339. The molecule has 0 amide bonds. The molecule has 0 heterocycles. The second-order valence-electron chi connectivity index (χ2n) is 2.57. The van der Waals surface area contributed by atoms with Crippen LogP contribution < -0.4 is 0 Å². The molecule has 1 aromatic rings. The minimum atomic E-state index is -1.87. The summed E-state index contributed by atoms with van der Waals surface area (Å²) in [6.07, 6.45) is 0. The molecule has 0 saturated heterocycles. The summed E-state index contributed by atoms with van der Waals surface area (Å²) < 4.78 is 20.1. The zero-order valence-corrected chi connectivity index (χ0v) is 12.0. The number of halogens is 2. The molecular weight excluding hydrogens is 414 g/mol. The van der Waals surface area contributed by atoms with E-state index in [1.165, 1.54) is 5.56 Å². The van der Waals surface area contributed by atoms with Gasteiger partial charge < -0.3 is 4.55 Å². The Kier molecular flexibility index (Phi) is 4.59. The quantitative estimate of drug-likeness (QED) is 0.451. The van der Waals surface area contributed by atoms with Crippen molar-refractivity contribution in [1.82, 2.24) is 0 Å². The lowest BCUT2D eigenvalue weighted by Crippen LogP contribution is -1.93. The Balaban J connectivity index is 3.13. The van der Waals surface area contributed by atoms with Gasteiger partial charge in [0.1, 0.15) is 0 Å². The highest BCUT2D eigenvalue weighted by molar-refractivity contribution is 14.2. The van der Waals surface area contributed by atoms with E-state index >= 15 is 0 Å². The van der Waals surface area contributed by atoms with Crippen molar-refractivity contribution in [3.05, 3.63) is 29.3 Å². The maximum Gasteiger partial charge on any atom is 0.186 e. The van der Waals surface area contributed by atoms with Crippen LogP contribution >= 0.6 is 45.2 Å². The van der Waals surface area contributed by atoms with Crippen molar-refractivity contribution in [2.75, 3.05) is 0 Å². The van der Waals surface area contributed by atoms with Crippen LogP contribution in [0, 0.1) is 6.92 Å². The maximum absolute atomic E-state index is 10.8. The Morgan fingerprint density at radius 3 is 2.46 bits per heavy atom. The van der Waals surface area contributed by atoms with Crippen LogP contribution in [0.15, 0.2) is 23.1 Å². The van der Waals surface area contributed by atoms with Gasteiger partial charge in [-0.3, -0.25) is 0 Å². The Labute approximate surface area is 107 Å². The second kappa shape index (κ2) is 5.04. The summed E-state index contributed by atoms with van der Waals surface area (Å²) in [5, 5.41) is 0. The molecule has 0 saturated carbocycles. The molecule has 0 radical (unpaired) electrons. The number of rotatable bonds is 2. The van der Waals surface area contributed by atoms with Crippen molar-refractivity contribution in [1.29, 1.82) is 0 Å². The predicted molar refractivity (Wildman–Crippen MR) is 71.0 cm³/mol. The molecule has 72 valence electrons. The minimum Gasteiger partial charge on any atom is -0.302 e. The van der Waals surface area contributed by atoms with E-state index in [0.717, 1.165) is 5.56 Å². The minimum absolute atomic E-state index is 0.398. The van der Waals surface area contributed by atoms with E-state index < -0.39 is 11.1 Å². The van der Waals surface area contributed by atoms with E-state index in [4.69, 9.17) is 4.55 Å². The SMILES string of the molecule is Cc1cc(C(I)I)ccc1S(=O)O. The molecular formula is C8H8I2O2S. The third kappa shape index (κ3) is 3.14. The molecule has 0 bridgehead atoms. The van der Waals surface area contributed by atoms with Crippen LogP contribution in [0.2, 0.25) is 0 Å². The molecule has 0 aliphatic heterocycles. The highest BCUT2D eigenvalue weighted by atomic mass is 127. The number of hydrogen-bond donors (Lipinski definition) is 1. The molecule has 1 atom stereocenters. The third-order valence-corrected chi connectivity index (χ3v) is 3.91. The van der Waals surface area contributed by atoms with Crippen molar-refractivity contribution >= 4 is 56.3 Å². The van der Waals surface area contributed by atoms with Crippen molar-refractivity contribution < 1.29 is 8.76 Å². The summed E-state index contributed by atoms with van der Waals surface area (Å²) in [4.78, 5) is 0.497. The average molecular weight is 422 g/mol. The summed E-state index contributed by atoms with van der Waals surface area (Å²) >= 11 is 2.74. The smallest absolute Gasteiger partial charge is 0.186 e. The Morgan fingerprint density at radius 2 is 2.08 bits per heavy atom. The van der Waals surface area contributed by atoms with Crippen LogP contribution in [0.3, 0.4) is 0 Å². The van der Waals surface area contributed by atoms with Crippen LogP contribution in [0.25, 0.3) is 0 Å². The van der Waals surface area contributed by atoms with Gasteiger partial charge in [0.2, 0.25) is 0 Å². The molecule has 0 aromatic heterocycles. The van der Waals surface area contributed by atoms with Crippen molar-refractivity contribution in [2.24, 2.45) is 0 Å². The molecule has 0 aliphatic rings. The van der Waals surface area contributed by atoms with Crippen LogP contribution in [0.5, 0.6) is 0 Å². The van der Waals surface area contributed by atoms with Gasteiger partial charge in [-0.05, 0) is 24.1 Å². The molecule has 1 rings (SSSR count). The average Bonchev–Trinajstić information content (AvgIpc) is 2.03. The van der Waals surface area contributed by atoms with Crippen molar-refractivity contribution in [3.8, 4) is 0 Å². The molecule has 13 heavy (non-hydrogen) atoms. The number of alkyl halides is 2. The van der Waals surface area contributed by atoms with E-state index in [-0.39, 0.29) is 0 Å². The van der Waals surface area contributed by atoms with E-state index in [1.807, 2.05) is 19.1 Å². The topological polar surface area (TPSA) is 37.3 Å². The van der Waals surface area contributed by atoms with Gasteiger partial charge in [0.15, 0.2) is 11.1 Å². The first-order valence-electron chi connectivity index (χ1n) is 3.52. The first-order valence-corrected chi connectivity index (χ1v) is 7.11. The fourth-order valence-corrected chi connectivity index (χ4v) is 2.30. The highest BCUT2D eigenvalue weighted by Gasteiger charge is 2.07. The van der Waals surface area contributed by atoms with Gasteiger partial charge in [0.25, 0.3) is 0 Å². The molecule has 0 aliphatic carbocycles. The van der Waals surface area contributed by atoms with E-state index in [0.29, 0.717) is 6.83 Å². The molecule has 1 aromatic carbocycles. The fourth-order valence-electron chi connectivity index (χ4n) is 1.00. The van der Waals surface area contributed by atoms with Gasteiger partial charge >= 0.3 is 0 Å². The van der Waals surface area contributed by atoms with Crippen molar-refractivity contribution in [3.63, 3.8) is 0 Å². The van der Waals surface area contributed by atoms with E-state index in [2.05, 4.69) is 45.2 Å². The van der Waals surface area contributed by atoms with Crippen molar-refractivity contribution in [2.45, 2.75) is 13.8 Å². The first kappa shape index (κ1) is 11.9. The number of benzene rings is 1. The maximum atomic E-state index is 10.8. The summed E-state index contributed by atoms with van der Waals surface area (Å²) in [5.41, 5.74) is 2.05. The van der Waals surface area contributed by atoms with Gasteiger partial charge in [0, 0.05) is 0 Å². The summed E-state index contributed by atoms with van der Waals surface area (Å²) in [7, 11) is 0. The molecule has 2 nitrogen and oxygen atoms in total. The Hall–Kier alpha value is 0.790. The zero-order valence-electron chi connectivity index (χ0n) is 6.83. The largest absolute Gasteiger partial charge is 0.302 e. The number of hydrogen-bond acceptors (Lipinski definition) is 1. The van der Waals surface area contributed by atoms with Gasteiger partial charge in [-0.25, -0.2) is 4.21 Å². The molecule has 1 N–H and O–H groups in total. The fraction of sp³-hybridized carbons (Fsp3) is 0.250. The van der Waals surface area contributed by atoms with Gasteiger partial charge in [-0.15, -0.1) is 0 Å². The molecule has 1 unspecified atom stereocenters. The normalized spacial score (nSPS) is 13.3. The molecule has 0 fully saturated rings.